The number of ether oxygens (including phenoxy) is 1. The van der Waals surface area contributed by atoms with Crippen LogP contribution in [0.3, 0.4) is 0 Å². The number of hydrogen-bond donors (Lipinski definition) is 1. The summed E-state index contributed by atoms with van der Waals surface area (Å²) in [6.45, 7) is 2.72. The zero-order valence-electron chi connectivity index (χ0n) is 10.4. The maximum atomic E-state index is 6.04. The summed E-state index contributed by atoms with van der Waals surface area (Å²) in [5.74, 6) is 1.32. The molecule has 0 aliphatic heterocycles. The summed E-state index contributed by atoms with van der Waals surface area (Å²) in [7, 11) is 1.87. The fraction of sp³-hybridized carbons (Fsp3) is 0.214. The van der Waals surface area contributed by atoms with Gasteiger partial charge in [-0.3, -0.25) is 0 Å². The Kier molecular flexibility index (Phi) is 4.18. The molecular formula is C14H15ClN2O. The molecule has 2 aromatic rings. The normalized spacial score (nSPS) is 10.4. The Bertz CT molecular complexity index is 526. The lowest BCUT2D eigenvalue weighted by Crippen LogP contribution is -2.06. The predicted octanol–water partition coefficient (Wildman–Crippen LogP) is 3.56. The van der Waals surface area contributed by atoms with E-state index in [9.17, 15) is 0 Å². The molecule has 0 saturated heterocycles. The summed E-state index contributed by atoms with van der Waals surface area (Å²) in [5.41, 5.74) is 2.17. The fourth-order valence-corrected chi connectivity index (χ4v) is 1.74. The molecule has 18 heavy (non-hydrogen) atoms. The summed E-state index contributed by atoms with van der Waals surface area (Å²) in [6, 6.07) is 9.69. The highest BCUT2D eigenvalue weighted by Gasteiger charge is 2.04. The van der Waals surface area contributed by atoms with Crippen LogP contribution in [0.2, 0.25) is 5.02 Å². The van der Waals surface area contributed by atoms with Gasteiger partial charge in [-0.2, -0.15) is 0 Å². The molecule has 1 heterocycles. The van der Waals surface area contributed by atoms with Gasteiger partial charge in [0.15, 0.2) is 0 Å². The Morgan fingerprint density at radius 1 is 1.28 bits per heavy atom. The second-order valence-electron chi connectivity index (χ2n) is 4.06. The van der Waals surface area contributed by atoms with Gasteiger partial charge >= 0.3 is 0 Å². The van der Waals surface area contributed by atoms with Gasteiger partial charge in [-0.1, -0.05) is 29.3 Å². The molecule has 0 bridgehead atoms. The third-order valence-corrected chi connectivity index (χ3v) is 2.86. The number of pyridine rings is 1. The van der Waals surface area contributed by atoms with E-state index in [1.807, 2.05) is 44.3 Å². The quantitative estimate of drug-likeness (QED) is 0.915. The first-order chi connectivity index (χ1) is 8.69. The maximum absolute atomic E-state index is 6.04. The van der Waals surface area contributed by atoms with E-state index in [1.54, 1.807) is 6.20 Å². The number of aryl methyl sites for hydroxylation is 1. The number of nitrogens with one attached hydrogen (secondary N) is 1. The van der Waals surface area contributed by atoms with Gasteiger partial charge in [0.2, 0.25) is 5.88 Å². The Hall–Kier alpha value is -1.58. The Morgan fingerprint density at radius 2 is 2.00 bits per heavy atom. The van der Waals surface area contributed by atoms with Gasteiger partial charge < -0.3 is 10.1 Å². The van der Waals surface area contributed by atoms with Gasteiger partial charge in [-0.05, 0) is 31.7 Å². The summed E-state index contributed by atoms with van der Waals surface area (Å²) < 4.78 is 5.68. The van der Waals surface area contributed by atoms with Crippen molar-refractivity contribution in [3.63, 3.8) is 0 Å². The third-order valence-electron chi connectivity index (χ3n) is 2.52. The lowest BCUT2D eigenvalue weighted by atomic mass is 10.2. The van der Waals surface area contributed by atoms with Crippen LogP contribution in [0, 0.1) is 6.92 Å². The van der Waals surface area contributed by atoms with E-state index >= 15 is 0 Å². The molecule has 0 saturated carbocycles. The smallest absolute Gasteiger partial charge is 0.219 e. The average molecular weight is 263 g/mol. The minimum atomic E-state index is 0.550. The Balaban J connectivity index is 2.18. The van der Waals surface area contributed by atoms with Crippen molar-refractivity contribution in [2.24, 2.45) is 0 Å². The molecule has 0 atom stereocenters. The van der Waals surface area contributed by atoms with Crippen LogP contribution in [0.15, 0.2) is 36.5 Å². The number of halogens is 1. The van der Waals surface area contributed by atoms with E-state index < -0.39 is 0 Å². The number of nitrogens with zero attached hydrogens (tertiary/aromatic N) is 1. The molecule has 0 spiro atoms. The fourth-order valence-electron chi connectivity index (χ4n) is 1.57. The molecule has 0 amide bonds. The van der Waals surface area contributed by atoms with Crippen LogP contribution in [0.5, 0.6) is 11.6 Å². The Labute approximate surface area is 112 Å². The molecule has 0 aliphatic carbocycles. The molecule has 94 valence electrons. The van der Waals surface area contributed by atoms with Crippen molar-refractivity contribution in [2.45, 2.75) is 13.5 Å². The number of rotatable bonds is 4. The molecule has 0 fully saturated rings. The highest BCUT2D eigenvalue weighted by atomic mass is 35.5. The van der Waals surface area contributed by atoms with Crippen LogP contribution in [-0.4, -0.2) is 12.0 Å². The molecule has 0 aliphatic rings. The molecule has 2 rings (SSSR count). The number of aromatic nitrogens is 1. The zero-order valence-corrected chi connectivity index (χ0v) is 11.2. The molecule has 0 unspecified atom stereocenters. The topological polar surface area (TPSA) is 34.1 Å². The number of benzene rings is 1. The van der Waals surface area contributed by atoms with Crippen LogP contribution in [0.25, 0.3) is 0 Å². The zero-order chi connectivity index (χ0) is 13.0. The molecule has 1 aromatic heterocycles. The summed E-state index contributed by atoms with van der Waals surface area (Å²) >= 11 is 6.04. The first-order valence-electron chi connectivity index (χ1n) is 5.72. The van der Waals surface area contributed by atoms with Crippen molar-refractivity contribution in [3.8, 4) is 11.6 Å². The first-order valence-corrected chi connectivity index (χ1v) is 6.10. The highest BCUT2D eigenvalue weighted by molar-refractivity contribution is 6.31. The standard InChI is InChI=1S/C14H15ClN2O/c1-10-3-5-12(6-4-10)18-14-7-11(8-16-2)13(15)9-17-14/h3-7,9,16H,8H2,1-2H3. The molecule has 1 N–H and O–H groups in total. The van der Waals surface area contributed by atoms with Crippen LogP contribution in [-0.2, 0) is 6.54 Å². The maximum Gasteiger partial charge on any atom is 0.219 e. The van der Waals surface area contributed by atoms with Gasteiger partial charge in [-0.15, -0.1) is 0 Å². The summed E-state index contributed by atoms with van der Waals surface area (Å²) in [4.78, 5) is 4.16. The lowest BCUT2D eigenvalue weighted by molar-refractivity contribution is 0.462. The van der Waals surface area contributed by atoms with Crippen molar-refractivity contribution < 1.29 is 4.74 Å². The second-order valence-corrected chi connectivity index (χ2v) is 4.47. The van der Waals surface area contributed by atoms with E-state index in [0.29, 0.717) is 17.4 Å². The predicted molar refractivity (Wildman–Crippen MR) is 73.3 cm³/mol. The van der Waals surface area contributed by atoms with E-state index in [4.69, 9.17) is 16.3 Å². The first kappa shape index (κ1) is 12.9. The van der Waals surface area contributed by atoms with Gasteiger partial charge in [0.25, 0.3) is 0 Å². The SMILES string of the molecule is CNCc1cc(Oc2ccc(C)cc2)ncc1Cl. The second kappa shape index (κ2) is 5.85. The summed E-state index contributed by atoms with van der Waals surface area (Å²) in [5, 5.41) is 3.70. The van der Waals surface area contributed by atoms with Gasteiger partial charge in [-0.25, -0.2) is 4.98 Å². The van der Waals surface area contributed by atoms with Crippen LogP contribution < -0.4 is 10.1 Å². The largest absolute Gasteiger partial charge is 0.439 e. The minimum absolute atomic E-state index is 0.550. The van der Waals surface area contributed by atoms with Crippen molar-refractivity contribution in [3.05, 3.63) is 52.7 Å². The van der Waals surface area contributed by atoms with Crippen molar-refractivity contribution in [1.29, 1.82) is 0 Å². The van der Waals surface area contributed by atoms with Crippen molar-refractivity contribution >= 4 is 11.6 Å². The van der Waals surface area contributed by atoms with Gasteiger partial charge in [0, 0.05) is 18.8 Å². The van der Waals surface area contributed by atoms with Crippen LogP contribution in [0.4, 0.5) is 0 Å². The van der Waals surface area contributed by atoms with E-state index in [0.717, 1.165) is 11.3 Å². The number of hydrogen-bond acceptors (Lipinski definition) is 3. The highest BCUT2D eigenvalue weighted by Crippen LogP contribution is 2.24. The molecule has 3 nitrogen and oxygen atoms in total. The van der Waals surface area contributed by atoms with Crippen molar-refractivity contribution in [2.75, 3.05) is 7.05 Å². The van der Waals surface area contributed by atoms with E-state index in [1.165, 1.54) is 5.56 Å². The van der Waals surface area contributed by atoms with Crippen LogP contribution in [0.1, 0.15) is 11.1 Å². The molecule has 4 heteroatoms. The van der Waals surface area contributed by atoms with E-state index in [2.05, 4.69) is 10.3 Å². The lowest BCUT2D eigenvalue weighted by Gasteiger charge is -2.08. The van der Waals surface area contributed by atoms with Gasteiger partial charge in [0.05, 0.1) is 5.02 Å². The Morgan fingerprint density at radius 3 is 2.67 bits per heavy atom. The summed E-state index contributed by atoms with van der Waals surface area (Å²) in [6.07, 6.45) is 1.61. The molecule has 0 radical (unpaired) electrons. The van der Waals surface area contributed by atoms with Crippen molar-refractivity contribution in [1.82, 2.24) is 10.3 Å². The average Bonchev–Trinajstić information content (AvgIpc) is 2.37. The monoisotopic (exact) mass is 262 g/mol. The van der Waals surface area contributed by atoms with E-state index in [-0.39, 0.29) is 0 Å². The van der Waals surface area contributed by atoms with Gasteiger partial charge in [0.1, 0.15) is 5.75 Å². The van der Waals surface area contributed by atoms with Crippen LogP contribution >= 0.6 is 11.6 Å². The molecule has 1 aromatic carbocycles. The minimum Gasteiger partial charge on any atom is -0.439 e. The molecular weight excluding hydrogens is 248 g/mol. The third kappa shape index (κ3) is 3.22.